The summed E-state index contributed by atoms with van der Waals surface area (Å²) in [6.45, 7) is 13.7. The number of likely N-dealkylation sites (tertiary alicyclic amines) is 1. The Balaban J connectivity index is 1.64. The largest absolute Gasteiger partial charge is 0.389 e. The summed E-state index contributed by atoms with van der Waals surface area (Å²) in [4.78, 5) is 4.95. The Morgan fingerprint density at radius 2 is 1.77 bits per heavy atom. The first-order chi connectivity index (χ1) is 10.6. The summed E-state index contributed by atoms with van der Waals surface area (Å²) in [5.74, 6) is 0.790. The number of piperidine rings is 1. The van der Waals surface area contributed by atoms with Crippen LogP contribution in [0.15, 0.2) is 0 Å². The lowest BCUT2D eigenvalue weighted by Crippen LogP contribution is -2.48. The molecule has 130 valence electrons. The quantitative estimate of drug-likeness (QED) is 0.765. The first kappa shape index (κ1) is 18.1. The highest BCUT2D eigenvalue weighted by atomic mass is 16.5. The van der Waals surface area contributed by atoms with Gasteiger partial charge in [0.1, 0.15) is 0 Å². The van der Waals surface area contributed by atoms with Gasteiger partial charge in [0.05, 0.1) is 24.9 Å². The molecule has 2 fully saturated rings. The van der Waals surface area contributed by atoms with Gasteiger partial charge in [0.2, 0.25) is 0 Å². The maximum Gasteiger partial charge on any atom is 0.0900 e. The van der Waals surface area contributed by atoms with Crippen molar-refractivity contribution < 1.29 is 14.6 Å². The van der Waals surface area contributed by atoms with Gasteiger partial charge in [0, 0.05) is 32.8 Å². The van der Waals surface area contributed by atoms with E-state index < -0.39 is 0 Å². The zero-order chi connectivity index (χ0) is 15.9. The van der Waals surface area contributed by atoms with Crippen molar-refractivity contribution in [2.45, 2.75) is 51.9 Å². The summed E-state index contributed by atoms with van der Waals surface area (Å²) in [5.41, 5.74) is 0. The van der Waals surface area contributed by atoms with Gasteiger partial charge in [-0.1, -0.05) is 0 Å². The second-order valence-electron chi connectivity index (χ2n) is 7.03. The van der Waals surface area contributed by atoms with Gasteiger partial charge in [-0.25, -0.2) is 0 Å². The molecule has 5 heteroatoms. The van der Waals surface area contributed by atoms with Gasteiger partial charge in [-0.05, 0) is 52.6 Å². The van der Waals surface area contributed by atoms with Gasteiger partial charge >= 0.3 is 0 Å². The van der Waals surface area contributed by atoms with Crippen molar-refractivity contribution in [2.24, 2.45) is 5.92 Å². The molecule has 2 aliphatic heterocycles. The van der Waals surface area contributed by atoms with Crippen LogP contribution in [0, 0.1) is 5.92 Å². The Labute approximate surface area is 135 Å². The van der Waals surface area contributed by atoms with Crippen LogP contribution < -0.4 is 0 Å². The van der Waals surface area contributed by atoms with E-state index in [0.717, 1.165) is 38.6 Å². The van der Waals surface area contributed by atoms with Crippen LogP contribution in [0.1, 0.15) is 33.6 Å². The molecule has 2 aliphatic rings. The van der Waals surface area contributed by atoms with E-state index in [-0.39, 0.29) is 6.10 Å². The SMILES string of the molecule is CCOCC(O)CN1CCC(CN2CC(C)OC(C)C2)CC1. The summed E-state index contributed by atoms with van der Waals surface area (Å²) in [6.07, 6.45) is 2.84. The van der Waals surface area contributed by atoms with Crippen molar-refractivity contribution in [3.05, 3.63) is 0 Å². The lowest BCUT2D eigenvalue weighted by atomic mass is 9.95. The molecule has 0 bridgehead atoms. The van der Waals surface area contributed by atoms with Crippen molar-refractivity contribution in [3.63, 3.8) is 0 Å². The molecule has 1 N–H and O–H groups in total. The number of hydrogen-bond donors (Lipinski definition) is 1. The number of hydrogen-bond acceptors (Lipinski definition) is 5. The first-order valence-corrected chi connectivity index (χ1v) is 8.92. The third kappa shape index (κ3) is 6.13. The third-order valence-corrected chi connectivity index (χ3v) is 4.70. The first-order valence-electron chi connectivity index (χ1n) is 8.92. The molecule has 0 aliphatic carbocycles. The van der Waals surface area contributed by atoms with Gasteiger partial charge < -0.3 is 19.5 Å². The van der Waals surface area contributed by atoms with Gasteiger partial charge in [-0.15, -0.1) is 0 Å². The van der Waals surface area contributed by atoms with Crippen LogP contribution in [0.2, 0.25) is 0 Å². The molecule has 0 aromatic rings. The van der Waals surface area contributed by atoms with Crippen LogP contribution in [0.25, 0.3) is 0 Å². The van der Waals surface area contributed by atoms with Crippen LogP contribution in [0.3, 0.4) is 0 Å². The van der Waals surface area contributed by atoms with E-state index in [1.807, 2.05) is 6.92 Å². The molecule has 0 radical (unpaired) electrons. The smallest absolute Gasteiger partial charge is 0.0900 e. The van der Waals surface area contributed by atoms with Crippen molar-refractivity contribution in [1.82, 2.24) is 9.80 Å². The molecule has 0 spiro atoms. The van der Waals surface area contributed by atoms with E-state index in [1.54, 1.807) is 0 Å². The average molecular weight is 314 g/mol. The number of ether oxygens (including phenoxy) is 2. The van der Waals surface area contributed by atoms with E-state index in [2.05, 4.69) is 23.6 Å². The zero-order valence-electron chi connectivity index (χ0n) is 14.5. The number of aliphatic hydroxyl groups excluding tert-OH is 1. The molecular weight excluding hydrogens is 280 g/mol. The third-order valence-electron chi connectivity index (χ3n) is 4.70. The van der Waals surface area contributed by atoms with E-state index >= 15 is 0 Å². The van der Waals surface area contributed by atoms with Gasteiger partial charge in [0.15, 0.2) is 0 Å². The molecule has 2 heterocycles. The number of morpholine rings is 1. The topological polar surface area (TPSA) is 45.2 Å². The molecule has 5 nitrogen and oxygen atoms in total. The van der Waals surface area contributed by atoms with E-state index in [0.29, 0.717) is 25.4 Å². The van der Waals surface area contributed by atoms with Gasteiger partial charge in [0.25, 0.3) is 0 Å². The van der Waals surface area contributed by atoms with Crippen LogP contribution in [-0.4, -0.2) is 85.7 Å². The highest BCUT2D eigenvalue weighted by Crippen LogP contribution is 2.21. The second kappa shape index (κ2) is 9.18. The van der Waals surface area contributed by atoms with Crippen LogP contribution in [0.4, 0.5) is 0 Å². The summed E-state index contributed by atoms with van der Waals surface area (Å²) in [5, 5.41) is 9.93. The monoisotopic (exact) mass is 314 g/mol. The van der Waals surface area contributed by atoms with Gasteiger partial charge in [-0.2, -0.15) is 0 Å². The summed E-state index contributed by atoms with van der Waals surface area (Å²) >= 11 is 0. The summed E-state index contributed by atoms with van der Waals surface area (Å²) in [6, 6.07) is 0. The summed E-state index contributed by atoms with van der Waals surface area (Å²) < 4.78 is 11.1. The van der Waals surface area contributed by atoms with Crippen molar-refractivity contribution >= 4 is 0 Å². The van der Waals surface area contributed by atoms with E-state index in [4.69, 9.17) is 9.47 Å². The maximum atomic E-state index is 9.93. The molecule has 2 rings (SSSR count). The van der Waals surface area contributed by atoms with Crippen LogP contribution in [-0.2, 0) is 9.47 Å². The maximum absolute atomic E-state index is 9.93. The molecule has 0 amide bonds. The molecule has 3 unspecified atom stereocenters. The lowest BCUT2D eigenvalue weighted by Gasteiger charge is -2.39. The Kier molecular flexibility index (Phi) is 7.57. The zero-order valence-corrected chi connectivity index (χ0v) is 14.5. The highest BCUT2D eigenvalue weighted by molar-refractivity contribution is 4.80. The molecule has 0 saturated carbocycles. The molecule has 0 aromatic carbocycles. The minimum atomic E-state index is -0.350. The molecule has 3 atom stereocenters. The fourth-order valence-corrected chi connectivity index (χ4v) is 3.75. The van der Waals surface area contributed by atoms with Crippen LogP contribution in [0.5, 0.6) is 0 Å². The van der Waals surface area contributed by atoms with Crippen molar-refractivity contribution in [1.29, 1.82) is 0 Å². The molecule has 2 saturated heterocycles. The fraction of sp³-hybridized carbons (Fsp3) is 1.00. The molecule has 0 aromatic heterocycles. The van der Waals surface area contributed by atoms with Crippen molar-refractivity contribution in [3.8, 4) is 0 Å². The Hall–Kier alpha value is -0.200. The van der Waals surface area contributed by atoms with E-state index in [1.165, 1.54) is 19.4 Å². The molecule has 22 heavy (non-hydrogen) atoms. The number of nitrogens with zero attached hydrogens (tertiary/aromatic N) is 2. The number of aliphatic hydroxyl groups is 1. The number of β-amino-alcohol motifs (C(OH)–C–C–N with tert-alkyl or cyclic N) is 1. The predicted molar refractivity (Wildman–Crippen MR) is 88.1 cm³/mol. The average Bonchev–Trinajstić information content (AvgIpc) is 2.46. The Bertz CT molecular complexity index is 298. The minimum absolute atomic E-state index is 0.350. The summed E-state index contributed by atoms with van der Waals surface area (Å²) in [7, 11) is 0. The van der Waals surface area contributed by atoms with Crippen molar-refractivity contribution in [2.75, 3.05) is 52.5 Å². The highest BCUT2D eigenvalue weighted by Gasteiger charge is 2.27. The molecular formula is C17H34N2O3. The standard InChI is InChI=1S/C17H34N2O3/c1-4-21-13-17(20)12-18-7-5-16(6-8-18)11-19-9-14(2)22-15(3)10-19/h14-17,20H,4-13H2,1-3H3. The normalized spacial score (nSPS) is 30.5. The fourth-order valence-electron chi connectivity index (χ4n) is 3.75. The van der Waals surface area contributed by atoms with E-state index in [9.17, 15) is 5.11 Å². The lowest BCUT2D eigenvalue weighted by molar-refractivity contribution is -0.0735. The minimum Gasteiger partial charge on any atom is -0.389 e. The second-order valence-corrected chi connectivity index (χ2v) is 7.03. The Morgan fingerprint density at radius 3 is 2.36 bits per heavy atom. The Morgan fingerprint density at radius 1 is 1.14 bits per heavy atom. The van der Waals surface area contributed by atoms with Gasteiger partial charge in [-0.3, -0.25) is 4.90 Å². The number of rotatable bonds is 7. The van der Waals surface area contributed by atoms with Crippen LogP contribution >= 0.6 is 0 Å². The predicted octanol–water partition coefficient (Wildman–Crippen LogP) is 1.21.